The molecule has 0 heterocycles. The second kappa shape index (κ2) is 17.1. The van der Waals surface area contributed by atoms with Crippen molar-refractivity contribution in [3.8, 4) is 0 Å². The van der Waals surface area contributed by atoms with Crippen LogP contribution in [0, 0.1) is 0 Å². The largest absolute Gasteiger partial charge is 0.179 e. The third-order valence-corrected chi connectivity index (χ3v) is 4.68. The van der Waals surface area contributed by atoms with Crippen molar-refractivity contribution in [1.82, 2.24) is 0 Å². The van der Waals surface area contributed by atoms with E-state index in [1.54, 1.807) is 0 Å². The third-order valence-electron chi connectivity index (χ3n) is 2.89. The van der Waals surface area contributed by atoms with E-state index >= 15 is 0 Å². The molecule has 0 aromatic carbocycles. The van der Waals surface area contributed by atoms with Gasteiger partial charge in [-0.3, -0.25) is 0 Å². The predicted octanol–water partition coefficient (Wildman–Crippen LogP) is 5.48. The molecule has 104 valence electrons. The molecule has 0 fully saturated rings. The highest BCUT2D eigenvalue weighted by Gasteiger charge is 1.93. The summed E-state index contributed by atoms with van der Waals surface area (Å²) in [6.07, 6.45) is 13.8. The van der Waals surface area contributed by atoms with E-state index < -0.39 is 0 Å². The van der Waals surface area contributed by atoms with Crippen LogP contribution < -0.4 is 0 Å². The molecule has 0 aromatic rings. The van der Waals surface area contributed by atoms with Gasteiger partial charge in [-0.25, -0.2) is 0 Å². The lowest BCUT2D eigenvalue weighted by Gasteiger charge is -2.02. The Morgan fingerprint density at radius 3 is 1.24 bits per heavy atom. The fourth-order valence-corrected chi connectivity index (χ4v) is 3.26. The number of rotatable bonds is 14. The average Bonchev–Trinajstić information content (AvgIpc) is 2.35. The van der Waals surface area contributed by atoms with Gasteiger partial charge in [-0.2, -0.15) is 37.0 Å². The van der Waals surface area contributed by atoms with Gasteiger partial charge in [0.05, 0.1) is 0 Å². The first-order chi connectivity index (χ1) is 8.41. The molecule has 0 aliphatic rings. The molecule has 17 heavy (non-hydrogen) atoms. The molecule has 0 aliphatic carbocycles. The maximum Gasteiger partial charge on any atom is -0.00675 e. The second-order valence-electron chi connectivity index (χ2n) is 4.60. The molecule has 0 aliphatic heterocycles. The van der Waals surface area contributed by atoms with Crippen molar-refractivity contribution in [1.29, 1.82) is 0 Å². The smallest absolute Gasteiger partial charge is 0.00675 e. The lowest BCUT2D eigenvalue weighted by molar-refractivity contribution is 0.658. The molecular weight excluding hydrogens is 264 g/mol. The van der Waals surface area contributed by atoms with Crippen LogP contribution in [0.1, 0.15) is 64.2 Å². The molecule has 0 aromatic heterocycles. The molecule has 0 atom stereocenters. The summed E-state index contributed by atoms with van der Waals surface area (Å²) in [7, 11) is 0. The molecule has 0 radical (unpaired) electrons. The quantitative estimate of drug-likeness (QED) is 0.316. The van der Waals surface area contributed by atoms with Gasteiger partial charge >= 0.3 is 0 Å². The van der Waals surface area contributed by atoms with Gasteiger partial charge < -0.3 is 0 Å². The topological polar surface area (TPSA) is 0 Å². The Labute approximate surface area is 124 Å². The van der Waals surface area contributed by atoms with Gasteiger partial charge in [0.1, 0.15) is 0 Å². The molecule has 0 nitrogen and oxygen atoms in total. The normalized spacial score (nSPS) is 10.9. The summed E-state index contributed by atoms with van der Waals surface area (Å²) in [5.74, 6) is 4.86. The van der Waals surface area contributed by atoms with Crippen molar-refractivity contribution in [2.45, 2.75) is 64.2 Å². The minimum absolute atomic E-state index is 1.06. The van der Waals surface area contributed by atoms with E-state index in [9.17, 15) is 0 Å². The van der Waals surface area contributed by atoms with Gasteiger partial charge in [0, 0.05) is 0 Å². The Hall–Kier alpha value is 1.05. The van der Waals surface area contributed by atoms with Crippen molar-refractivity contribution in [3.05, 3.63) is 0 Å². The number of thiol groups is 2. The molecule has 3 heteroatoms. The highest BCUT2D eigenvalue weighted by atomic mass is 32.2. The van der Waals surface area contributed by atoms with Crippen LogP contribution in [0.4, 0.5) is 0 Å². The molecule has 0 rings (SSSR count). The lowest BCUT2D eigenvalue weighted by Crippen LogP contribution is -1.87. The van der Waals surface area contributed by atoms with Crippen molar-refractivity contribution in [3.63, 3.8) is 0 Å². The van der Waals surface area contributed by atoms with Gasteiger partial charge in [-0.15, -0.1) is 0 Å². The van der Waals surface area contributed by atoms with E-state index in [2.05, 4.69) is 37.0 Å². The second-order valence-corrected chi connectivity index (χ2v) is 6.71. The highest BCUT2D eigenvalue weighted by Crippen LogP contribution is 2.12. The van der Waals surface area contributed by atoms with Crippen molar-refractivity contribution >= 4 is 37.0 Å². The molecule has 0 unspecified atom stereocenters. The van der Waals surface area contributed by atoms with E-state index in [4.69, 9.17) is 0 Å². The van der Waals surface area contributed by atoms with E-state index in [1.807, 2.05) is 0 Å². The molecule has 0 bridgehead atoms. The first-order valence-corrected chi connectivity index (χ1v) is 9.63. The van der Waals surface area contributed by atoms with Crippen LogP contribution in [0.3, 0.4) is 0 Å². The third kappa shape index (κ3) is 17.1. The number of unbranched alkanes of at least 4 members (excludes halogenated alkanes) is 8. The molecule has 0 N–H and O–H groups in total. The SMILES string of the molecule is SCCCCCCCSCCCCCCCS. The zero-order valence-corrected chi connectivity index (χ0v) is 13.8. The van der Waals surface area contributed by atoms with Gasteiger partial charge in [0.2, 0.25) is 0 Å². The zero-order chi connectivity index (χ0) is 12.6. The fourth-order valence-electron chi connectivity index (χ4n) is 1.79. The standard InChI is InChI=1S/C14H30S3/c15-11-7-3-1-5-9-13-17-14-10-6-2-4-8-12-16/h15-16H,1-14H2. The Morgan fingerprint density at radius 1 is 0.471 bits per heavy atom. The number of hydrogen-bond acceptors (Lipinski definition) is 3. The minimum Gasteiger partial charge on any atom is -0.179 e. The van der Waals surface area contributed by atoms with Gasteiger partial charge in [-0.1, -0.05) is 38.5 Å². The molecular formula is C14H30S3. The Balaban J connectivity index is 2.85. The average molecular weight is 295 g/mol. The summed E-state index contributed by atoms with van der Waals surface area (Å²) in [5.41, 5.74) is 0. The van der Waals surface area contributed by atoms with Crippen molar-refractivity contribution in [2.24, 2.45) is 0 Å². The fraction of sp³-hybridized carbons (Fsp3) is 1.00. The molecule has 0 amide bonds. The van der Waals surface area contributed by atoms with Gasteiger partial charge in [0.15, 0.2) is 0 Å². The van der Waals surface area contributed by atoms with Crippen LogP contribution in [0.5, 0.6) is 0 Å². The monoisotopic (exact) mass is 294 g/mol. The molecule has 0 spiro atoms. The highest BCUT2D eigenvalue weighted by molar-refractivity contribution is 7.99. The molecule has 0 saturated carbocycles. The Kier molecular flexibility index (Phi) is 18.1. The van der Waals surface area contributed by atoms with Crippen molar-refractivity contribution < 1.29 is 0 Å². The maximum absolute atomic E-state index is 4.22. The summed E-state index contributed by atoms with van der Waals surface area (Å²) >= 11 is 10.6. The Bertz CT molecular complexity index is 115. The summed E-state index contributed by atoms with van der Waals surface area (Å²) in [6.45, 7) is 0. The zero-order valence-electron chi connectivity index (χ0n) is 11.2. The van der Waals surface area contributed by atoms with Gasteiger partial charge in [-0.05, 0) is 48.7 Å². The maximum atomic E-state index is 4.22. The first kappa shape index (κ1) is 18.0. The van der Waals surface area contributed by atoms with Crippen LogP contribution >= 0.6 is 37.0 Å². The van der Waals surface area contributed by atoms with Crippen LogP contribution in [-0.2, 0) is 0 Å². The van der Waals surface area contributed by atoms with Crippen LogP contribution in [0.2, 0.25) is 0 Å². The van der Waals surface area contributed by atoms with Crippen LogP contribution in [0.15, 0.2) is 0 Å². The van der Waals surface area contributed by atoms with E-state index in [0.29, 0.717) is 0 Å². The minimum atomic E-state index is 1.06. The number of thioether (sulfide) groups is 1. The molecule has 0 saturated heterocycles. The van der Waals surface area contributed by atoms with E-state index in [0.717, 1.165) is 11.5 Å². The van der Waals surface area contributed by atoms with Gasteiger partial charge in [0.25, 0.3) is 0 Å². The predicted molar refractivity (Wildman–Crippen MR) is 91.2 cm³/mol. The first-order valence-electron chi connectivity index (χ1n) is 7.21. The van der Waals surface area contributed by atoms with Crippen LogP contribution in [-0.4, -0.2) is 23.0 Å². The summed E-state index contributed by atoms with van der Waals surface area (Å²) in [4.78, 5) is 0. The summed E-state index contributed by atoms with van der Waals surface area (Å²) in [5, 5.41) is 0. The van der Waals surface area contributed by atoms with E-state index in [1.165, 1.54) is 75.7 Å². The van der Waals surface area contributed by atoms with E-state index in [-0.39, 0.29) is 0 Å². The summed E-state index contributed by atoms with van der Waals surface area (Å²) in [6, 6.07) is 0. The number of hydrogen-bond donors (Lipinski definition) is 2. The van der Waals surface area contributed by atoms with Crippen molar-refractivity contribution in [2.75, 3.05) is 23.0 Å². The summed E-state index contributed by atoms with van der Waals surface area (Å²) < 4.78 is 0. The lowest BCUT2D eigenvalue weighted by atomic mass is 10.2. The van der Waals surface area contributed by atoms with Crippen LogP contribution in [0.25, 0.3) is 0 Å². The Morgan fingerprint density at radius 2 is 0.824 bits per heavy atom.